The monoisotopic (exact) mass is 487 g/mol. The van der Waals surface area contributed by atoms with Gasteiger partial charge in [-0.05, 0) is 55.2 Å². The van der Waals surface area contributed by atoms with Crippen LogP contribution in [0.3, 0.4) is 0 Å². The normalized spacial score (nSPS) is 15.4. The summed E-state index contributed by atoms with van der Waals surface area (Å²) in [6, 6.07) is 11.6. The number of amides is 1. The number of aromatic nitrogens is 2. The molecular weight excluding hydrogens is 461 g/mol. The summed E-state index contributed by atoms with van der Waals surface area (Å²) < 4.78 is 31.6. The number of nitrogens with one attached hydrogen (secondary N) is 1. The molecule has 1 N–H and O–H groups in total. The Morgan fingerprint density at radius 2 is 2.00 bits per heavy atom. The lowest BCUT2D eigenvalue weighted by molar-refractivity contribution is 0.0669. The van der Waals surface area contributed by atoms with Crippen molar-refractivity contribution in [2.75, 3.05) is 20.3 Å². The van der Waals surface area contributed by atoms with E-state index in [9.17, 15) is 9.18 Å². The average Bonchev–Trinajstić information content (AvgIpc) is 3.45. The van der Waals surface area contributed by atoms with Gasteiger partial charge in [-0.15, -0.1) is 0 Å². The molecule has 180 valence electrons. The summed E-state index contributed by atoms with van der Waals surface area (Å²) in [7, 11) is 1.58. The fraction of sp³-hybridized carbons (Fsp3) is 0.360. The number of carbonyl (C=O) groups is 1. The summed E-state index contributed by atoms with van der Waals surface area (Å²) in [5.41, 5.74) is 2.50. The Hall–Kier alpha value is -3.10. The molecule has 4 rings (SSSR count). The zero-order chi connectivity index (χ0) is 24.1. The minimum Gasteiger partial charge on any atom is -0.493 e. The van der Waals surface area contributed by atoms with Crippen LogP contribution in [0.2, 0.25) is 5.15 Å². The van der Waals surface area contributed by atoms with Crippen LogP contribution in [0.25, 0.3) is 0 Å². The molecule has 7 nitrogen and oxygen atoms in total. The molecule has 0 bridgehead atoms. The minimum absolute atomic E-state index is 0.112. The van der Waals surface area contributed by atoms with Crippen LogP contribution in [-0.4, -0.2) is 42.1 Å². The molecule has 1 atom stereocenters. The molecule has 1 aliphatic rings. The molecule has 9 heteroatoms. The van der Waals surface area contributed by atoms with Gasteiger partial charge >= 0.3 is 0 Å². The van der Waals surface area contributed by atoms with Crippen molar-refractivity contribution in [1.29, 1.82) is 0 Å². The molecule has 2 aromatic carbocycles. The number of hydrogen-bond acceptors (Lipinski definition) is 5. The summed E-state index contributed by atoms with van der Waals surface area (Å²) in [4.78, 5) is 12.9. The second-order valence-electron chi connectivity index (χ2n) is 8.15. The van der Waals surface area contributed by atoms with Crippen molar-refractivity contribution in [1.82, 2.24) is 15.1 Å². The molecule has 0 spiro atoms. The molecule has 0 saturated carbocycles. The zero-order valence-corrected chi connectivity index (χ0v) is 19.9. The highest BCUT2D eigenvalue weighted by Gasteiger charge is 2.21. The van der Waals surface area contributed by atoms with Crippen LogP contribution in [0.4, 0.5) is 4.39 Å². The summed E-state index contributed by atoms with van der Waals surface area (Å²) >= 11 is 6.46. The highest BCUT2D eigenvalue weighted by Crippen LogP contribution is 2.29. The number of rotatable bonds is 9. The van der Waals surface area contributed by atoms with E-state index in [0.29, 0.717) is 35.9 Å². The maximum Gasteiger partial charge on any atom is 0.256 e. The molecule has 34 heavy (non-hydrogen) atoms. The molecular formula is C25H27ClFN3O4. The molecule has 3 aromatic rings. The molecule has 1 unspecified atom stereocenters. The van der Waals surface area contributed by atoms with E-state index in [4.69, 9.17) is 25.8 Å². The van der Waals surface area contributed by atoms with Gasteiger partial charge in [-0.25, -0.2) is 9.07 Å². The number of halogens is 2. The van der Waals surface area contributed by atoms with Gasteiger partial charge in [0.05, 0.1) is 31.0 Å². The Morgan fingerprint density at radius 1 is 1.24 bits per heavy atom. The highest BCUT2D eigenvalue weighted by molar-refractivity contribution is 6.33. The van der Waals surface area contributed by atoms with Gasteiger partial charge in [-0.2, -0.15) is 5.10 Å². The van der Waals surface area contributed by atoms with Crippen molar-refractivity contribution >= 4 is 17.5 Å². The Kier molecular flexibility index (Phi) is 7.70. The van der Waals surface area contributed by atoms with E-state index in [0.717, 1.165) is 30.6 Å². The number of hydrogen-bond donors (Lipinski definition) is 1. The van der Waals surface area contributed by atoms with Gasteiger partial charge in [0.25, 0.3) is 5.91 Å². The van der Waals surface area contributed by atoms with Crippen molar-refractivity contribution < 1.29 is 23.4 Å². The summed E-state index contributed by atoms with van der Waals surface area (Å²) in [6.07, 6.45) is 2.16. The number of ether oxygens (including phenoxy) is 3. The van der Waals surface area contributed by atoms with Crippen LogP contribution in [-0.2, 0) is 17.8 Å². The lowest BCUT2D eigenvalue weighted by Crippen LogP contribution is -2.23. The second kappa shape index (κ2) is 10.9. The third-order valence-corrected chi connectivity index (χ3v) is 6.05. The fourth-order valence-electron chi connectivity index (χ4n) is 3.85. The number of aryl methyl sites for hydroxylation is 1. The molecule has 1 aliphatic heterocycles. The maximum atomic E-state index is 13.2. The molecule has 1 fully saturated rings. The first-order valence-corrected chi connectivity index (χ1v) is 11.5. The van der Waals surface area contributed by atoms with E-state index in [2.05, 4.69) is 10.4 Å². The van der Waals surface area contributed by atoms with Crippen LogP contribution in [0, 0.1) is 12.7 Å². The first-order chi connectivity index (χ1) is 16.4. The first kappa shape index (κ1) is 24.0. The Morgan fingerprint density at radius 3 is 2.71 bits per heavy atom. The molecule has 1 saturated heterocycles. The van der Waals surface area contributed by atoms with Crippen molar-refractivity contribution in [2.24, 2.45) is 0 Å². The van der Waals surface area contributed by atoms with Crippen molar-refractivity contribution in [3.63, 3.8) is 0 Å². The minimum atomic E-state index is -0.328. The summed E-state index contributed by atoms with van der Waals surface area (Å²) in [6.45, 7) is 3.59. The number of benzene rings is 2. The number of methoxy groups -OCH3 is 1. The zero-order valence-electron chi connectivity index (χ0n) is 19.1. The lowest BCUT2D eigenvalue weighted by atomic mass is 10.2. The molecule has 2 heterocycles. The van der Waals surface area contributed by atoms with Crippen LogP contribution >= 0.6 is 11.6 Å². The second-order valence-corrected chi connectivity index (χ2v) is 8.51. The van der Waals surface area contributed by atoms with Crippen LogP contribution in [0.1, 0.15) is 40.0 Å². The lowest BCUT2D eigenvalue weighted by Gasteiger charge is -2.15. The fourth-order valence-corrected chi connectivity index (χ4v) is 4.17. The molecule has 1 amide bonds. The third kappa shape index (κ3) is 5.69. The molecule has 0 aliphatic carbocycles. The van der Waals surface area contributed by atoms with Gasteiger partial charge < -0.3 is 19.5 Å². The summed E-state index contributed by atoms with van der Waals surface area (Å²) in [5, 5.41) is 7.50. The van der Waals surface area contributed by atoms with Crippen molar-refractivity contribution in [3.05, 3.63) is 75.8 Å². The average molecular weight is 488 g/mol. The van der Waals surface area contributed by atoms with Gasteiger partial charge in [0.15, 0.2) is 11.5 Å². The van der Waals surface area contributed by atoms with Gasteiger partial charge in [0.2, 0.25) is 0 Å². The summed E-state index contributed by atoms with van der Waals surface area (Å²) in [5.74, 6) is 0.580. The van der Waals surface area contributed by atoms with Gasteiger partial charge in [-0.3, -0.25) is 4.79 Å². The third-order valence-electron chi connectivity index (χ3n) is 5.67. The molecule has 1 aromatic heterocycles. The van der Waals surface area contributed by atoms with E-state index < -0.39 is 0 Å². The van der Waals surface area contributed by atoms with Crippen LogP contribution < -0.4 is 14.8 Å². The van der Waals surface area contributed by atoms with Crippen molar-refractivity contribution in [3.8, 4) is 11.5 Å². The van der Waals surface area contributed by atoms with Crippen LogP contribution in [0.15, 0.2) is 42.5 Å². The topological polar surface area (TPSA) is 74.6 Å². The van der Waals surface area contributed by atoms with Gasteiger partial charge in [0.1, 0.15) is 17.6 Å². The van der Waals surface area contributed by atoms with Gasteiger partial charge in [0, 0.05) is 13.2 Å². The highest BCUT2D eigenvalue weighted by atomic mass is 35.5. The quantitative estimate of drug-likeness (QED) is 0.480. The number of nitrogens with zero attached hydrogens (tertiary/aromatic N) is 2. The van der Waals surface area contributed by atoms with E-state index >= 15 is 0 Å². The maximum absolute atomic E-state index is 13.2. The Labute approximate surface area is 202 Å². The Balaban J connectivity index is 1.39. The van der Waals surface area contributed by atoms with Crippen molar-refractivity contribution in [2.45, 2.75) is 39.0 Å². The Bertz CT molecular complexity index is 1140. The predicted molar refractivity (Wildman–Crippen MR) is 126 cm³/mol. The largest absolute Gasteiger partial charge is 0.493 e. The van der Waals surface area contributed by atoms with Gasteiger partial charge in [-0.1, -0.05) is 29.8 Å². The molecule has 0 radical (unpaired) electrons. The smallest absolute Gasteiger partial charge is 0.256 e. The van der Waals surface area contributed by atoms with Crippen LogP contribution in [0.5, 0.6) is 11.5 Å². The van der Waals surface area contributed by atoms with E-state index in [1.54, 1.807) is 26.2 Å². The number of carbonyl (C=O) groups excluding carboxylic acids is 1. The predicted octanol–water partition coefficient (Wildman–Crippen LogP) is 4.53. The first-order valence-electron chi connectivity index (χ1n) is 11.1. The van der Waals surface area contributed by atoms with E-state index in [-0.39, 0.29) is 29.5 Å². The standard InChI is InChI=1S/C25H27ClFN3O4/c1-16-23(24(26)30(29-16)14-17-5-8-19(27)9-6-17)25(31)28-13-18-7-10-21(22(12-18)32-2)34-15-20-4-3-11-33-20/h5-10,12,20H,3-4,11,13-15H2,1-2H3,(H,28,31). The van der Waals surface area contributed by atoms with E-state index in [1.807, 2.05) is 18.2 Å². The van der Waals surface area contributed by atoms with E-state index in [1.165, 1.54) is 16.8 Å². The SMILES string of the molecule is COc1cc(CNC(=O)c2c(C)nn(Cc3ccc(F)cc3)c2Cl)ccc1OCC1CCCO1.